The van der Waals surface area contributed by atoms with Crippen molar-refractivity contribution in [2.24, 2.45) is 0 Å². The molecule has 0 saturated heterocycles. The van der Waals surface area contributed by atoms with Crippen LogP contribution in [0.1, 0.15) is 31.8 Å². The highest BCUT2D eigenvalue weighted by atomic mass is 35.5. The second kappa shape index (κ2) is 7.16. The standard InChI is InChI=1S/C20H15ClN2O3S2/c1-10-11(2)28-20(22-10)23-16(12-5-3-6-13(21)9-12)15(18(25)19(23)26)17(24)14-7-4-8-27-14/h3-9,16,25H,1-2H3/t16-/m0/s1. The average Bonchev–Trinajstić information content (AvgIpc) is 3.36. The van der Waals surface area contributed by atoms with Gasteiger partial charge in [-0.1, -0.05) is 29.8 Å². The number of benzene rings is 1. The summed E-state index contributed by atoms with van der Waals surface area (Å²) >= 11 is 8.78. The number of aromatic nitrogens is 1. The van der Waals surface area contributed by atoms with Crippen molar-refractivity contribution in [3.8, 4) is 0 Å². The Bertz CT molecular complexity index is 1100. The van der Waals surface area contributed by atoms with E-state index in [4.69, 9.17) is 11.6 Å². The van der Waals surface area contributed by atoms with E-state index in [0.29, 0.717) is 20.6 Å². The van der Waals surface area contributed by atoms with Gasteiger partial charge in [-0.05, 0) is 43.0 Å². The molecule has 3 aromatic rings. The Hall–Kier alpha value is -2.48. The summed E-state index contributed by atoms with van der Waals surface area (Å²) in [4.78, 5) is 33.4. The monoisotopic (exact) mass is 430 g/mol. The molecule has 0 unspecified atom stereocenters. The number of Topliss-reactive ketones (excluding diaryl/α,β-unsaturated/α-hetero) is 1. The Kier molecular flexibility index (Phi) is 4.82. The van der Waals surface area contributed by atoms with Crippen LogP contribution in [0.3, 0.4) is 0 Å². The number of rotatable bonds is 4. The first-order valence-corrected chi connectivity index (χ1v) is 10.5. The summed E-state index contributed by atoms with van der Waals surface area (Å²) in [6.45, 7) is 3.77. The highest BCUT2D eigenvalue weighted by Gasteiger charge is 2.46. The summed E-state index contributed by atoms with van der Waals surface area (Å²) in [7, 11) is 0. The molecule has 1 atom stereocenters. The minimum Gasteiger partial charge on any atom is -0.503 e. The number of halogens is 1. The molecular formula is C20H15ClN2O3S2. The first-order chi connectivity index (χ1) is 13.4. The highest BCUT2D eigenvalue weighted by molar-refractivity contribution is 7.16. The van der Waals surface area contributed by atoms with Gasteiger partial charge in [0.1, 0.15) is 0 Å². The Morgan fingerprint density at radius 1 is 1.25 bits per heavy atom. The minimum atomic E-state index is -0.800. The van der Waals surface area contributed by atoms with Crippen LogP contribution in [0.5, 0.6) is 0 Å². The van der Waals surface area contributed by atoms with Gasteiger partial charge in [0.2, 0.25) is 5.78 Å². The first kappa shape index (κ1) is 18.9. The van der Waals surface area contributed by atoms with Gasteiger partial charge in [0.05, 0.1) is 22.2 Å². The van der Waals surface area contributed by atoms with Gasteiger partial charge in [0.25, 0.3) is 5.91 Å². The maximum atomic E-state index is 13.1. The fourth-order valence-electron chi connectivity index (χ4n) is 3.13. The number of ketones is 1. The molecule has 1 N–H and O–H groups in total. The Balaban J connectivity index is 1.90. The second-order valence-electron chi connectivity index (χ2n) is 6.34. The van der Waals surface area contributed by atoms with E-state index in [-0.39, 0.29) is 11.4 Å². The third-order valence-electron chi connectivity index (χ3n) is 4.59. The van der Waals surface area contributed by atoms with Crippen LogP contribution >= 0.6 is 34.3 Å². The molecule has 1 amide bonds. The number of hydrogen-bond donors (Lipinski definition) is 1. The molecule has 0 radical (unpaired) electrons. The van der Waals surface area contributed by atoms with Crippen molar-refractivity contribution >= 4 is 51.1 Å². The Morgan fingerprint density at radius 3 is 2.64 bits per heavy atom. The molecule has 142 valence electrons. The number of carbonyl (C=O) groups is 2. The lowest BCUT2D eigenvalue weighted by Crippen LogP contribution is -2.31. The van der Waals surface area contributed by atoms with Crippen LogP contribution in [-0.2, 0) is 4.79 Å². The smallest absolute Gasteiger partial charge is 0.296 e. The van der Waals surface area contributed by atoms with E-state index >= 15 is 0 Å². The zero-order valence-corrected chi connectivity index (χ0v) is 17.4. The molecule has 0 spiro atoms. The van der Waals surface area contributed by atoms with E-state index in [1.54, 1.807) is 41.8 Å². The fourth-order valence-corrected chi connectivity index (χ4v) is 4.94. The first-order valence-electron chi connectivity index (χ1n) is 8.43. The van der Waals surface area contributed by atoms with Gasteiger partial charge in [-0.25, -0.2) is 4.98 Å². The molecule has 1 aliphatic rings. The van der Waals surface area contributed by atoms with Gasteiger partial charge in [0, 0.05) is 9.90 Å². The van der Waals surface area contributed by atoms with Gasteiger partial charge in [-0.2, -0.15) is 0 Å². The van der Waals surface area contributed by atoms with Crippen molar-refractivity contribution in [1.29, 1.82) is 0 Å². The maximum Gasteiger partial charge on any atom is 0.296 e. The predicted molar refractivity (Wildman–Crippen MR) is 112 cm³/mol. The van der Waals surface area contributed by atoms with E-state index in [1.807, 2.05) is 13.8 Å². The largest absolute Gasteiger partial charge is 0.503 e. The van der Waals surface area contributed by atoms with E-state index in [0.717, 1.165) is 10.6 Å². The molecule has 0 aliphatic carbocycles. The lowest BCUT2D eigenvalue weighted by Gasteiger charge is -2.24. The number of aliphatic hydroxyl groups is 1. The van der Waals surface area contributed by atoms with Crippen LogP contribution in [0.2, 0.25) is 5.02 Å². The van der Waals surface area contributed by atoms with Crippen LogP contribution in [0.25, 0.3) is 0 Å². The zero-order valence-electron chi connectivity index (χ0n) is 15.0. The number of carbonyl (C=O) groups excluding carboxylic acids is 2. The molecule has 3 heterocycles. The minimum absolute atomic E-state index is 0.0419. The Morgan fingerprint density at radius 2 is 2.04 bits per heavy atom. The molecule has 1 aromatic carbocycles. The number of nitrogens with zero attached hydrogens (tertiary/aromatic N) is 2. The van der Waals surface area contributed by atoms with Crippen molar-refractivity contribution < 1.29 is 14.7 Å². The quantitative estimate of drug-likeness (QED) is 0.573. The van der Waals surface area contributed by atoms with E-state index in [2.05, 4.69) is 4.98 Å². The summed E-state index contributed by atoms with van der Waals surface area (Å²) in [5.74, 6) is -1.56. The van der Waals surface area contributed by atoms with Gasteiger partial charge < -0.3 is 5.11 Å². The lowest BCUT2D eigenvalue weighted by atomic mass is 9.95. The Labute approximate surface area is 174 Å². The van der Waals surface area contributed by atoms with Crippen molar-refractivity contribution in [3.05, 3.63) is 79.1 Å². The summed E-state index contributed by atoms with van der Waals surface area (Å²) in [5, 5.41) is 13.3. The third kappa shape index (κ3) is 3.05. The molecule has 2 aromatic heterocycles. The molecule has 4 rings (SSSR count). The van der Waals surface area contributed by atoms with Crippen LogP contribution in [0.15, 0.2) is 53.1 Å². The number of thiazole rings is 1. The SMILES string of the molecule is Cc1nc(N2C(=O)C(O)=C(C(=O)c3cccs3)[C@@H]2c2cccc(Cl)c2)sc1C. The predicted octanol–water partition coefficient (Wildman–Crippen LogP) is 5.26. The van der Waals surface area contributed by atoms with Crippen molar-refractivity contribution in [1.82, 2.24) is 4.98 Å². The zero-order chi connectivity index (χ0) is 20.0. The summed E-state index contributed by atoms with van der Waals surface area (Å²) in [6.07, 6.45) is 0. The van der Waals surface area contributed by atoms with Crippen LogP contribution < -0.4 is 4.90 Å². The second-order valence-corrected chi connectivity index (χ2v) is 8.91. The van der Waals surface area contributed by atoms with Crippen molar-refractivity contribution in [3.63, 3.8) is 0 Å². The van der Waals surface area contributed by atoms with Gasteiger partial charge in [0.15, 0.2) is 10.9 Å². The number of aliphatic hydroxyl groups excluding tert-OH is 1. The highest BCUT2D eigenvalue weighted by Crippen LogP contribution is 2.44. The summed E-state index contributed by atoms with van der Waals surface area (Å²) in [6, 6.07) is 9.57. The molecule has 0 bridgehead atoms. The van der Waals surface area contributed by atoms with Crippen molar-refractivity contribution in [2.75, 3.05) is 4.90 Å². The number of thiophene rings is 1. The molecule has 0 saturated carbocycles. The molecular weight excluding hydrogens is 416 g/mol. The number of amides is 1. The van der Waals surface area contributed by atoms with Crippen LogP contribution in [-0.4, -0.2) is 21.8 Å². The summed E-state index contributed by atoms with van der Waals surface area (Å²) in [5.41, 5.74) is 1.48. The normalized spacial score (nSPS) is 16.9. The van der Waals surface area contributed by atoms with Gasteiger partial charge in [-0.3, -0.25) is 14.5 Å². The van der Waals surface area contributed by atoms with E-state index in [1.165, 1.54) is 27.6 Å². The van der Waals surface area contributed by atoms with E-state index in [9.17, 15) is 14.7 Å². The molecule has 5 nitrogen and oxygen atoms in total. The van der Waals surface area contributed by atoms with Gasteiger partial charge in [-0.15, -0.1) is 22.7 Å². The fraction of sp³-hybridized carbons (Fsp3) is 0.150. The third-order valence-corrected chi connectivity index (χ3v) is 6.76. The topological polar surface area (TPSA) is 70.5 Å². The molecule has 1 aliphatic heterocycles. The van der Waals surface area contributed by atoms with Gasteiger partial charge >= 0.3 is 0 Å². The molecule has 0 fully saturated rings. The number of aryl methyl sites for hydroxylation is 2. The average molecular weight is 431 g/mol. The summed E-state index contributed by atoms with van der Waals surface area (Å²) < 4.78 is 0. The molecule has 28 heavy (non-hydrogen) atoms. The van der Waals surface area contributed by atoms with E-state index < -0.39 is 17.7 Å². The number of anilines is 1. The van der Waals surface area contributed by atoms with Crippen LogP contribution in [0, 0.1) is 13.8 Å². The lowest BCUT2D eigenvalue weighted by molar-refractivity contribution is -0.117. The molecule has 8 heteroatoms. The maximum absolute atomic E-state index is 13.1. The van der Waals surface area contributed by atoms with Crippen LogP contribution in [0.4, 0.5) is 5.13 Å². The number of hydrogen-bond acceptors (Lipinski definition) is 6. The van der Waals surface area contributed by atoms with Crippen molar-refractivity contribution in [2.45, 2.75) is 19.9 Å².